The van der Waals surface area contributed by atoms with Crippen LogP contribution in [-0.2, 0) is 6.54 Å². The van der Waals surface area contributed by atoms with Crippen LogP contribution < -0.4 is 5.32 Å². The normalized spacial score (nSPS) is 10.9. The zero-order valence-electron chi connectivity index (χ0n) is 15.2. The highest BCUT2D eigenvalue weighted by atomic mass is 16.1. The quantitative estimate of drug-likeness (QED) is 0.604. The predicted octanol–water partition coefficient (Wildman–Crippen LogP) is 3.74. The smallest absolute Gasteiger partial charge is 0.255 e. The molecule has 0 aliphatic heterocycles. The summed E-state index contributed by atoms with van der Waals surface area (Å²) in [5.41, 5.74) is 5.57. The summed E-state index contributed by atoms with van der Waals surface area (Å²) >= 11 is 0. The lowest BCUT2D eigenvalue weighted by molar-refractivity contribution is 0.102. The van der Waals surface area contributed by atoms with Crippen molar-refractivity contribution in [3.05, 3.63) is 83.4 Å². The second-order valence-corrected chi connectivity index (χ2v) is 6.41. The lowest BCUT2D eigenvalue weighted by Crippen LogP contribution is -2.14. The Morgan fingerprint density at radius 3 is 2.56 bits per heavy atom. The number of anilines is 1. The van der Waals surface area contributed by atoms with Gasteiger partial charge in [0, 0.05) is 23.6 Å². The number of para-hydroxylation sites is 1. The van der Waals surface area contributed by atoms with Gasteiger partial charge in [-0.1, -0.05) is 18.2 Å². The molecule has 4 aromatic rings. The molecule has 2 heterocycles. The van der Waals surface area contributed by atoms with Gasteiger partial charge in [-0.2, -0.15) is 5.10 Å². The van der Waals surface area contributed by atoms with E-state index in [1.807, 2.05) is 61.1 Å². The summed E-state index contributed by atoms with van der Waals surface area (Å²) in [6, 6.07) is 15.0. The molecule has 4 rings (SSSR count). The number of carbonyl (C=O) groups is 1. The van der Waals surface area contributed by atoms with Crippen molar-refractivity contribution in [2.75, 3.05) is 5.32 Å². The van der Waals surface area contributed by atoms with E-state index in [1.165, 1.54) is 0 Å². The molecule has 2 aromatic heterocycles. The van der Waals surface area contributed by atoms with Crippen LogP contribution in [0.15, 0.2) is 60.9 Å². The monoisotopic (exact) mass is 357 g/mol. The maximum atomic E-state index is 12.8. The molecule has 0 saturated heterocycles. The summed E-state index contributed by atoms with van der Waals surface area (Å²) in [7, 11) is 0. The van der Waals surface area contributed by atoms with Gasteiger partial charge in [-0.25, -0.2) is 9.97 Å². The molecular formula is C21H19N5O. The summed E-state index contributed by atoms with van der Waals surface area (Å²) in [5.74, 6) is -0.176. The van der Waals surface area contributed by atoms with Crippen molar-refractivity contribution in [1.82, 2.24) is 19.7 Å². The van der Waals surface area contributed by atoms with E-state index in [-0.39, 0.29) is 5.91 Å². The first kappa shape index (κ1) is 16.9. The van der Waals surface area contributed by atoms with Crippen LogP contribution in [0.3, 0.4) is 0 Å². The largest absolute Gasteiger partial charge is 0.322 e. The van der Waals surface area contributed by atoms with Gasteiger partial charge in [0.25, 0.3) is 5.91 Å². The Morgan fingerprint density at radius 2 is 1.78 bits per heavy atom. The zero-order valence-corrected chi connectivity index (χ0v) is 15.2. The highest BCUT2D eigenvalue weighted by molar-refractivity contribution is 6.06. The fraction of sp³-hybridized carbons (Fsp3) is 0.143. The highest BCUT2D eigenvalue weighted by Crippen LogP contribution is 2.19. The van der Waals surface area contributed by atoms with Crippen molar-refractivity contribution >= 4 is 22.6 Å². The maximum Gasteiger partial charge on any atom is 0.255 e. The van der Waals surface area contributed by atoms with Crippen molar-refractivity contribution in [1.29, 1.82) is 0 Å². The van der Waals surface area contributed by atoms with Crippen molar-refractivity contribution in [2.24, 2.45) is 0 Å². The van der Waals surface area contributed by atoms with Crippen molar-refractivity contribution < 1.29 is 4.79 Å². The van der Waals surface area contributed by atoms with E-state index in [2.05, 4.69) is 20.4 Å². The van der Waals surface area contributed by atoms with Gasteiger partial charge in [0.05, 0.1) is 29.0 Å². The molecule has 0 radical (unpaired) electrons. The minimum absolute atomic E-state index is 0.176. The number of benzene rings is 2. The van der Waals surface area contributed by atoms with Crippen LogP contribution in [0.1, 0.15) is 27.3 Å². The van der Waals surface area contributed by atoms with Crippen molar-refractivity contribution in [2.45, 2.75) is 20.4 Å². The number of rotatable bonds is 4. The maximum absolute atomic E-state index is 12.8. The lowest BCUT2D eigenvalue weighted by Gasteiger charge is -2.12. The van der Waals surface area contributed by atoms with Gasteiger partial charge >= 0.3 is 0 Å². The molecule has 0 spiro atoms. The topological polar surface area (TPSA) is 72.7 Å². The third kappa shape index (κ3) is 3.55. The molecule has 0 bridgehead atoms. The van der Waals surface area contributed by atoms with Gasteiger partial charge in [0.2, 0.25) is 0 Å². The summed E-state index contributed by atoms with van der Waals surface area (Å²) < 4.78 is 1.82. The summed E-state index contributed by atoms with van der Waals surface area (Å²) in [6.07, 6.45) is 3.63. The average Bonchev–Trinajstić information content (AvgIpc) is 3.17. The van der Waals surface area contributed by atoms with Gasteiger partial charge in [-0.05, 0) is 49.7 Å². The minimum Gasteiger partial charge on any atom is -0.322 e. The molecule has 2 aromatic carbocycles. The van der Waals surface area contributed by atoms with Crippen LogP contribution in [0, 0.1) is 13.8 Å². The number of aryl methyl sites for hydroxylation is 2. The van der Waals surface area contributed by atoms with Crippen LogP contribution in [0.25, 0.3) is 11.0 Å². The zero-order chi connectivity index (χ0) is 18.8. The molecule has 0 saturated carbocycles. The second kappa shape index (κ2) is 6.99. The van der Waals surface area contributed by atoms with E-state index in [1.54, 1.807) is 18.3 Å². The second-order valence-electron chi connectivity index (χ2n) is 6.41. The molecule has 0 fully saturated rings. The Bertz CT molecular complexity index is 1120. The van der Waals surface area contributed by atoms with Crippen LogP contribution in [-0.4, -0.2) is 25.7 Å². The molecule has 0 aliphatic carbocycles. The number of nitrogens with one attached hydrogen (secondary N) is 1. The van der Waals surface area contributed by atoms with E-state index in [9.17, 15) is 4.79 Å². The van der Waals surface area contributed by atoms with Crippen molar-refractivity contribution in [3.63, 3.8) is 0 Å². The molecule has 1 amide bonds. The van der Waals surface area contributed by atoms with E-state index in [4.69, 9.17) is 0 Å². The van der Waals surface area contributed by atoms with Crippen LogP contribution in [0.5, 0.6) is 0 Å². The third-order valence-corrected chi connectivity index (χ3v) is 4.49. The molecule has 6 heteroatoms. The standard InChI is InChI=1S/C21H19N5O/c1-14-15(2)24-20-12-16(8-9-19(20)23-14)21(27)25-18-7-4-3-6-17(18)13-26-11-5-10-22-26/h3-12H,13H2,1-2H3,(H,25,27). The van der Waals surface area contributed by atoms with Crippen molar-refractivity contribution in [3.8, 4) is 0 Å². The number of carbonyl (C=O) groups excluding carboxylic acids is 1. The van der Waals surface area contributed by atoms with Gasteiger partial charge in [-0.3, -0.25) is 9.48 Å². The fourth-order valence-electron chi connectivity index (χ4n) is 2.92. The van der Waals surface area contributed by atoms with Crippen LogP contribution in [0.2, 0.25) is 0 Å². The molecule has 0 unspecified atom stereocenters. The number of hydrogen-bond acceptors (Lipinski definition) is 4. The highest BCUT2D eigenvalue weighted by Gasteiger charge is 2.11. The first-order valence-corrected chi connectivity index (χ1v) is 8.72. The number of aromatic nitrogens is 4. The number of amides is 1. The number of nitrogens with zero attached hydrogens (tertiary/aromatic N) is 4. The molecule has 134 valence electrons. The molecule has 6 nitrogen and oxygen atoms in total. The molecule has 0 atom stereocenters. The molecular weight excluding hydrogens is 338 g/mol. The predicted molar refractivity (Wildman–Crippen MR) is 105 cm³/mol. The van der Waals surface area contributed by atoms with Gasteiger partial charge in [-0.15, -0.1) is 0 Å². The van der Waals surface area contributed by atoms with E-state index in [0.717, 1.165) is 33.7 Å². The van der Waals surface area contributed by atoms with E-state index in [0.29, 0.717) is 12.1 Å². The van der Waals surface area contributed by atoms with E-state index < -0.39 is 0 Å². The minimum atomic E-state index is -0.176. The average molecular weight is 357 g/mol. The molecule has 1 N–H and O–H groups in total. The Labute approximate surface area is 156 Å². The lowest BCUT2D eigenvalue weighted by atomic mass is 10.1. The van der Waals surface area contributed by atoms with Gasteiger partial charge in [0.1, 0.15) is 0 Å². The Kier molecular flexibility index (Phi) is 4.38. The summed E-state index contributed by atoms with van der Waals surface area (Å²) in [6.45, 7) is 4.43. The Morgan fingerprint density at radius 1 is 1.00 bits per heavy atom. The summed E-state index contributed by atoms with van der Waals surface area (Å²) in [4.78, 5) is 21.8. The summed E-state index contributed by atoms with van der Waals surface area (Å²) in [5, 5.41) is 7.23. The fourth-order valence-corrected chi connectivity index (χ4v) is 2.92. The number of hydrogen-bond donors (Lipinski definition) is 1. The third-order valence-electron chi connectivity index (χ3n) is 4.49. The first-order valence-electron chi connectivity index (χ1n) is 8.72. The van der Waals surface area contributed by atoms with Gasteiger partial charge < -0.3 is 5.32 Å². The first-order chi connectivity index (χ1) is 13.1. The van der Waals surface area contributed by atoms with Crippen LogP contribution in [0.4, 0.5) is 5.69 Å². The Hall–Kier alpha value is -3.54. The van der Waals surface area contributed by atoms with Crippen LogP contribution >= 0.6 is 0 Å². The van der Waals surface area contributed by atoms with Gasteiger partial charge in [0.15, 0.2) is 0 Å². The Balaban J connectivity index is 1.61. The molecule has 27 heavy (non-hydrogen) atoms. The number of fused-ring (bicyclic) bond motifs is 1. The SMILES string of the molecule is Cc1nc2ccc(C(=O)Nc3ccccc3Cn3cccn3)cc2nc1C. The van der Waals surface area contributed by atoms with E-state index >= 15 is 0 Å². The molecule has 0 aliphatic rings.